The predicted octanol–water partition coefficient (Wildman–Crippen LogP) is 2.06. The minimum Gasteiger partial charge on any atom is -0.383 e. The normalized spacial score (nSPS) is 10.9. The molecule has 0 amide bonds. The van der Waals surface area contributed by atoms with Crippen LogP contribution in [0.4, 0.5) is 4.39 Å². The first-order valence-electron chi connectivity index (χ1n) is 6.21. The maximum Gasteiger partial charge on any atom is 0.126 e. The summed E-state index contributed by atoms with van der Waals surface area (Å²) < 4.78 is 19.9. The minimum atomic E-state index is -0.197. The summed E-state index contributed by atoms with van der Waals surface area (Å²) in [6.45, 7) is 3.91. The zero-order valence-electron chi connectivity index (χ0n) is 11.2. The number of aromatic nitrogens is 2. The Morgan fingerprint density at radius 3 is 2.95 bits per heavy atom. The van der Waals surface area contributed by atoms with Gasteiger partial charge in [-0.3, -0.25) is 0 Å². The van der Waals surface area contributed by atoms with Crippen LogP contribution in [-0.4, -0.2) is 30.0 Å². The van der Waals surface area contributed by atoms with Crippen LogP contribution in [0, 0.1) is 12.7 Å². The van der Waals surface area contributed by atoms with E-state index in [1.807, 2.05) is 12.3 Å². The second kappa shape index (κ2) is 6.45. The lowest BCUT2D eigenvalue weighted by molar-refractivity contribution is 0.199. The highest BCUT2D eigenvalue weighted by Crippen LogP contribution is 2.13. The molecule has 102 valence electrons. The van der Waals surface area contributed by atoms with Gasteiger partial charge in [0.15, 0.2) is 0 Å². The van der Waals surface area contributed by atoms with Crippen molar-refractivity contribution in [3.05, 3.63) is 47.5 Å². The van der Waals surface area contributed by atoms with Gasteiger partial charge < -0.3 is 10.1 Å². The summed E-state index contributed by atoms with van der Waals surface area (Å²) >= 11 is 0. The van der Waals surface area contributed by atoms with Crippen LogP contribution in [0.5, 0.6) is 0 Å². The molecule has 4 nitrogen and oxygen atoms in total. The van der Waals surface area contributed by atoms with Gasteiger partial charge in [-0.2, -0.15) is 5.10 Å². The Morgan fingerprint density at radius 2 is 2.21 bits per heavy atom. The van der Waals surface area contributed by atoms with Gasteiger partial charge in [0.05, 0.1) is 18.0 Å². The third-order valence-corrected chi connectivity index (χ3v) is 2.84. The molecule has 0 fully saturated rings. The fourth-order valence-corrected chi connectivity index (χ4v) is 1.76. The second-order valence-corrected chi connectivity index (χ2v) is 4.35. The fourth-order valence-electron chi connectivity index (χ4n) is 1.76. The lowest BCUT2D eigenvalue weighted by Crippen LogP contribution is -2.18. The summed E-state index contributed by atoms with van der Waals surface area (Å²) in [6.07, 6.45) is 1.88. The average molecular weight is 263 g/mol. The van der Waals surface area contributed by atoms with Crippen molar-refractivity contribution >= 4 is 0 Å². The molecule has 0 spiro atoms. The molecule has 1 aromatic carbocycles. The molecule has 0 unspecified atom stereocenters. The lowest BCUT2D eigenvalue weighted by Gasteiger charge is -2.04. The lowest BCUT2D eigenvalue weighted by atomic mass is 10.2. The van der Waals surface area contributed by atoms with Crippen molar-refractivity contribution in [1.82, 2.24) is 15.1 Å². The van der Waals surface area contributed by atoms with Crippen LogP contribution in [0.2, 0.25) is 0 Å². The number of methoxy groups -OCH3 is 1. The smallest absolute Gasteiger partial charge is 0.126 e. The van der Waals surface area contributed by atoms with Crippen molar-refractivity contribution in [2.45, 2.75) is 13.5 Å². The minimum absolute atomic E-state index is 0.197. The Labute approximate surface area is 112 Å². The summed E-state index contributed by atoms with van der Waals surface area (Å²) in [7, 11) is 1.67. The quantitative estimate of drug-likeness (QED) is 0.811. The number of ether oxygens (including phenoxy) is 1. The molecule has 2 rings (SSSR count). The third kappa shape index (κ3) is 3.62. The molecule has 0 bridgehead atoms. The maximum absolute atomic E-state index is 13.2. The van der Waals surface area contributed by atoms with Crippen LogP contribution in [0.25, 0.3) is 5.69 Å². The third-order valence-electron chi connectivity index (χ3n) is 2.84. The molecule has 1 aromatic heterocycles. The second-order valence-electron chi connectivity index (χ2n) is 4.35. The molecule has 0 aliphatic carbocycles. The monoisotopic (exact) mass is 263 g/mol. The van der Waals surface area contributed by atoms with Gasteiger partial charge in [0, 0.05) is 26.4 Å². The number of nitrogens with one attached hydrogen (secondary N) is 1. The van der Waals surface area contributed by atoms with Crippen LogP contribution in [0.3, 0.4) is 0 Å². The zero-order valence-corrected chi connectivity index (χ0v) is 11.2. The van der Waals surface area contributed by atoms with Crippen molar-refractivity contribution in [1.29, 1.82) is 0 Å². The van der Waals surface area contributed by atoms with Gasteiger partial charge in [-0.15, -0.1) is 0 Å². The van der Waals surface area contributed by atoms with Gasteiger partial charge in [-0.05, 0) is 36.8 Å². The van der Waals surface area contributed by atoms with Crippen molar-refractivity contribution in [3.63, 3.8) is 0 Å². The van der Waals surface area contributed by atoms with E-state index >= 15 is 0 Å². The van der Waals surface area contributed by atoms with E-state index in [1.165, 1.54) is 6.07 Å². The van der Waals surface area contributed by atoms with Crippen LogP contribution < -0.4 is 5.32 Å². The van der Waals surface area contributed by atoms with Crippen molar-refractivity contribution in [3.8, 4) is 5.69 Å². The first kappa shape index (κ1) is 13.7. The standard InChI is InChI=1S/C14H18FN3O/c1-11-9-13(3-4-14(11)15)18-7-5-12(17-18)10-16-6-8-19-2/h3-5,7,9,16H,6,8,10H2,1-2H3. The number of rotatable bonds is 6. The average Bonchev–Trinajstić information content (AvgIpc) is 2.87. The number of hydrogen-bond donors (Lipinski definition) is 1. The van der Waals surface area contributed by atoms with E-state index in [0.717, 1.165) is 17.9 Å². The first-order chi connectivity index (χ1) is 9.20. The molecule has 0 atom stereocenters. The molecular weight excluding hydrogens is 245 g/mol. The summed E-state index contributed by atoms with van der Waals surface area (Å²) in [5.41, 5.74) is 2.42. The highest BCUT2D eigenvalue weighted by molar-refractivity contribution is 5.35. The predicted molar refractivity (Wildman–Crippen MR) is 71.8 cm³/mol. The zero-order chi connectivity index (χ0) is 13.7. The number of nitrogens with zero attached hydrogens (tertiary/aromatic N) is 2. The largest absolute Gasteiger partial charge is 0.383 e. The van der Waals surface area contributed by atoms with E-state index in [9.17, 15) is 4.39 Å². The van der Waals surface area contributed by atoms with E-state index in [4.69, 9.17) is 4.74 Å². The summed E-state index contributed by atoms with van der Waals surface area (Å²) in [6, 6.07) is 6.91. The molecule has 5 heteroatoms. The molecule has 0 saturated heterocycles. The van der Waals surface area contributed by atoms with E-state index in [2.05, 4.69) is 10.4 Å². The molecule has 0 radical (unpaired) electrons. The Hall–Kier alpha value is -1.72. The van der Waals surface area contributed by atoms with Gasteiger partial charge in [0.2, 0.25) is 0 Å². The number of hydrogen-bond acceptors (Lipinski definition) is 3. The van der Waals surface area contributed by atoms with Crippen LogP contribution in [0.1, 0.15) is 11.3 Å². The Bertz CT molecular complexity index is 539. The Kier molecular flexibility index (Phi) is 4.65. The Morgan fingerprint density at radius 1 is 1.37 bits per heavy atom. The van der Waals surface area contributed by atoms with Crippen molar-refractivity contribution in [2.75, 3.05) is 20.3 Å². The summed E-state index contributed by atoms with van der Waals surface area (Å²) in [5, 5.41) is 7.67. The van der Waals surface area contributed by atoms with Gasteiger partial charge in [-0.1, -0.05) is 0 Å². The van der Waals surface area contributed by atoms with Crippen molar-refractivity contribution < 1.29 is 9.13 Å². The van der Waals surface area contributed by atoms with Gasteiger partial charge in [-0.25, -0.2) is 9.07 Å². The van der Waals surface area contributed by atoms with E-state index in [0.29, 0.717) is 18.7 Å². The Balaban J connectivity index is 2.01. The van der Waals surface area contributed by atoms with E-state index < -0.39 is 0 Å². The van der Waals surface area contributed by atoms with Gasteiger partial charge in [0.1, 0.15) is 5.82 Å². The first-order valence-corrected chi connectivity index (χ1v) is 6.21. The molecule has 2 aromatic rings. The maximum atomic E-state index is 13.2. The molecule has 19 heavy (non-hydrogen) atoms. The van der Waals surface area contributed by atoms with Crippen LogP contribution >= 0.6 is 0 Å². The SMILES string of the molecule is COCCNCc1ccn(-c2ccc(F)c(C)c2)n1. The molecule has 0 aliphatic rings. The molecule has 1 N–H and O–H groups in total. The van der Waals surface area contributed by atoms with E-state index in [-0.39, 0.29) is 5.82 Å². The molecule has 1 heterocycles. The number of halogens is 1. The number of benzene rings is 1. The van der Waals surface area contributed by atoms with Crippen LogP contribution in [0.15, 0.2) is 30.5 Å². The highest BCUT2D eigenvalue weighted by Gasteiger charge is 2.03. The topological polar surface area (TPSA) is 39.1 Å². The molecule has 0 saturated carbocycles. The highest BCUT2D eigenvalue weighted by atomic mass is 19.1. The summed E-state index contributed by atoms with van der Waals surface area (Å²) in [5.74, 6) is -0.197. The summed E-state index contributed by atoms with van der Waals surface area (Å²) in [4.78, 5) is 0. The van der Waals surface area contributed by atoms with Crippen LogP contribution in [-0.2, 0) is 11.3 Å². The van der Waals surface area contributed by atoms with Gasteiger partial charge >= 0.3 is 0 Å². The van der Waals surface area contributed by atoms with Crippen molar-refractivity contribution in [2.24, 2.45) is 0 Å². The number of aryl methyl sites for hydroxylation is 1. The van der Waals surface area contributed by atoms with Gasteiger partial charge in [0.25, 0.3) is 0 Å². The molecular formula is C14H18FN3O. The van der Waals surface area contributed by atoms with E-state index in [1.54, 1.807) is 30.8 Å². The fraction of sp³-hybridized carbons (Fsp3) is 0.357. The molecule has 0 aliphatic heterocycles.